The molecule has 1 saturated heterocycles. The number of rotatable bonds is 6. The van der Waals surface area contributed by atoms with E-state index in [4.69, 9.17) is 9.84 Å². The molecule has 6 heteroatoms. The summed E-state index contributed by atoms with van der Waals surface area (Å²) in [6.45, 7) is 5.67. The summed E-state index contributed by atoms with van der Waals surface area (Å²) >= 11 is 0. The van der Waals surface area contributed by atoms with Gasteiger partial charge in [0.05, 0.1) is 12.1 Å². The zero-order valence-electron chi connectivity index (χ0n) is 11.7. The monoisotopic (exact) mass is 272 g/mol. The highest BCUT2D eigenvalue weighted by atomic mass is 16.5. The number of carboxylic acid groups (broad SMARTS) is 1. The quantitative estimate of drug-likeness (QED) is 0.681. The Labute approximate surface area is 113 Å². The molecule has 1 aliphatic heterocycles. The standard InChI is InChI=1S/C13H24N2O4/c1-10(4-5-11(16)17)8-14-12(18)15-13(2)6-3-7-19-9-13/h10H,3-9H2,1-2H3,(H,16,17)(H2,14,15,18). The lowest BCUT2D eigenvalue weighted by Crippen LogP contribution is -2.55. The largest absolute Gasteiger partial charge is 0.481 e. The molecule has 2 atom stereocenters. The molecule has 0 radical (unpaired) electrons. The summed E-state index contributed by atoms with van der Waals surface area (Å²) in [5.74, 6) is -0.652. The van der Waals surface area contributed by atoms with Gasteiger partial charge in [0, 0.05) is 19.6 Å². The van der Waals surface area contributed by atoms with E-state index >= 15 is 0 Å². The molecular formula is C13H24N2O4. The molecule has 0 saturated carbocycles. The minimum Gasteiger partial charge on any atom is -0.481 e. The normalized spacial score (nSPS) is 24.5. The molecular weight excluding hydrogens is 248 g/mol. The molecule has 0 bridgehead atoms. The first-order valence-electron chi connectivity index (χ1n) is 6.77. The van der Waals surface area contributed by atoms with Crippen molar-refractivity contribution >= 4 is 12.0 Å². The van der Waals surface area contributed by atoms with Gasteiger partial charge in [0.2, 0.25) is 0 Å². The summed E-state index contributed by atoms with van der Waals surface area (Å²) in [4.78, 5) is 22.2. The molecule has 6 nitrogen and oxygen atoms in total. The number of hydrogen-bond acceptors (Lipinski definition) is 3. The molecule has 2 unspecified atom stereocenters. The van der Waals surface area contributed by atoms with Crippen LogP contribution in [0.4, 0.5) is 4.79 Å². The molecule has 0 aromatic carbocycles. The maximum atomic E-state index is 11.8. The molecule has 0 aliphatic carbocycles. The van der Waals surface area contributed by atoms with Gasteiger partial charge in [-0.15, -0.1) is 0 Å². The van der Waals surface area contributed by atoms with Crippen LogP contribution >= 0.6 is 0 Å². The molecule has 19 heavy (non-hydrogen) atoms. The van der Waals surface area contributed by atoms with E-state index in [1.54, 1.807) is 0 Å². The lowest BCUT2D eigenvalue weighted by Gasteiger charge is -2.34. The number of aliphatic carboxylic acids is 1. The molecule has 1 rings (SSSR count). The van der Waals surface area contributed by atoms with E-state index in [0.29, 0.717) is 19.6 Å². The van der Waals surface area contributed by atoms with Crippen LogP contribution in [0.5, 0.6) is 0 Å². The average molecular weight is 272 g/mol. The Bertz CT molecular complexity index is 314. The van der Waals surface area contributed by atoms with Crippen molar-refractivity contribution in [3.05, 3.63) is 0 Å². The third-order valence-corrected chi connectivity index (χ3v) is 3.32. The molecule has 1 heterocycles. The van der Waals surface area contributed by atoms with Crippen molar-refractivity contribution in [2.24, 2.45) is 5.92 Å². The lowest BCUT2D eigenvalue weighted by molar-refractivity contribution is -0.137. The van der Waals surface area contributed by atoms with Crippen LogP contribution in [0.15, 0.2) is 0 Å². The highest BCUT2D eigenvalue weighted by Gasteiger charge is 2.29. The summed E-state index contributed by atoms with van der Waals surface area (Å²) in [7, 11) is 0. The van der Waals surface area contributed by atoms with Gasteiger partial charge in [-0.3, -0.25) is 4.79 Å². The second-order valence-corrected chi connectivity index (χ2v) is 5.59. The number of hydrogen-bond donors (Lipinski definition) is 3. The Morgan fingerprint density at radius 1 is 1.47 bits per heavy atom. The maximum absolute atomic E-state index is 11.8. The van der Waals surface area contributed by atoms with Crippen LogP contribution < -0.4 is 10.6 Å². The van der Waals surface area contributed by atoms with Crippen molar-refractivity contribution in [2.75, 3.05) is 19.8 Å². The van der Waals surface area contributed by atoms with Crippen LogP contribution in [0.1, 0.15) is 39.5 Å². The summed E-state index contributed by atoms with van der Waals surface area (Å²) in [6, 6.07) is -0.213. The van der Waals surface area contributed by atoms with Gasteiger partial charge in [0.25, 0.3) is 0 Å². The van der Waals surface area contributed by atoms with Gasteiger partial charge in [0.15, 0.2) is 0 Å². The van der Waals surface area contributed by atoms with Crippen LogP contribution in [-0.4, -0.2) is 42.4 Å². The Morgan fingerprint density at radius 2 is 2.21 bits per heavy atom. The molecule has 1 aliphatic rings. The predicted octanol–water partition coefficient (Wildman–Crippen LogP) is 1.36. The number of carboxylic acids is 1. The van der Waals surface area contributed by atoms with E-state index in [-0.39, 0.29) is 23.9 Å². The topological polar surface area (TPSA) is 87.7 Å². The third kappa shape index (κ3) is 6.42. The van der Waals surface area contributed by atoms with Crippen molar-refractivity contribution in [1.29, 1.82) is 0 Å². The number of urea groups is 1. The first-order valence-corrected chi connectivity index (χ1v) is 6.77. The zero-order valence-corrected chi connectivity index (χ0v) is 11.7. The fraction of sp³-hybridized carbons (Fsp3) is 0.846. The number of carbonyl (C=O) groups excluding carboxylic acids is 1. The smallest absolute Gasteiger partial charge is 0.315 e. The molecule has 0 aromatic rings. The van der Waals surface area contributed by atoms with Gasteiger partial charge in [-0.1, -0.05) is 6.92 Å². The Balaban J connectivity index is 2.21. The minimum absolute atomic E-state index is 0.135. The van der Waals surface area contributed by atoms with Crippen LogP contribution in [0.25, 0.3) is 0 Å². The fourth-order valence-electron chi connectivity index (χ4n) is 2.09. The third-order valence-electron chi connectivity index (χ3n) is 3.32. The maximum Gasteiger partial charge on any atom is 0.315 e. The van der Waals surface area contributed by atoms with E-state index in [1.807, 2.05) is 13.8 Å². The minimum atomic E-state index is -0.803. The van der Waals surface area contributed by atoms with Crippen molar-refractivity contribution in [3.8, 4) is 0 Å². The van der Waals surface area contributed by atoms with Crippen molar-refractivity contribution in [2.45, 2.75) is 45.1 Å². The number of nitrogens with one attached hydrogen (secondary N) is 2. The van der Waals surface area contributed by atoms with E-state index in [2.05, 4.69) is 10.6 Å². The van der Waals surface area contributed by atoms with Crippen molar-refractivity contribution < 1.29 is 19.4 Å². The van der Waals surface area contributed by atoms with Gasteiger partial charge >= 0.3 is 12.0 Å². The summed E-state index contributed by atoms with van der Waals surface area (Å²) in [6.07, 6.45) is 2.56. The van der Waals surface area contributed by atoms with Crippen LogP contribution in [-0.2, 0) is 9.53 Å². The Hall–Kier alpha value is -1.30. The van der Waals surface area contributed by atoms with Gasteiger partial charge in [-0.25, -0.2) is 4.79 Å². The zero-order chi connectivity index (χ0) is 14.3. The second kappa shape index (κ2) is 7.33. The van der Waals surface area contributed by atoms with Crippen LogP contribution in [0.2, 0.25) is 0 Å². The SMILES string of the molecule is CC(CCC(=O)O)CNC(=O)NC1(C)CCCOC1. The van der Waals surface area contributed by atoms with Gasteiger partial charge in [0.1, 0.15) is 0 Å². The van der Waals surface area contributed by atoms with E-state index in [9.17, 15) is 9.59 Å². The van der Waals surface area contributed by atoms with Crippen molar-refractivity contribution in [3.63, 3.8) is 0 Å². The average Bonchev–Trinajstić information content (AvgIpc) is 2.34. The lowest BCUT2D eigenvalue weighted by atomic mass is 9.95. The van der Waals surface area contributed by atoms with E-state index in [1.165, 1.54) is 0 Å². The summed E-state index contributed by atoms with van der Waals surface area (Å²) in [5.41, 5.74) is -0.299. The molecule has 110 valence electrons. The summed E-state index contributed by atoms with van der Waals surface area (Å²) < 4.78 is 5.37. The number of amides is 2. The van der Waals surface area contributed by atoms with Crippen molar-refractivity contribution in [1.82, 2.24) is 10.6 Å². The number of ether oxygens (including phenoxy) is 1. The molecule has 3 N–H and O–H groups in total. The second-order valence-electron chi connectivity index (χ2n) is 5.59. The van der Waals surface area contributed by atoms with Gasteiger partial charge in [-0.2, -0.15) is 0 Å². The first-order chi connectivity index (χ1) is 8.91. The van der Waals surface area contributed by atoms with Gasteiger partial charge < -0.3 is 20.5 Å². The van der Waals surface area contributed by atoms with Gasteiger partial charge in [-0.05, 0) is 32.1 Å². The predicted molar refractivity (Wildman–Crippen MR) is 71.0 cm³/mol. The molecule has 0 spiro atoms. The first kappa shape index (κ1) is 15.8. The van der Waals surface area contributed by atoms with E-state index in [0.717, 1.165) is 19.4 Å². The number of carbonyl (C=O) groups is 2. The molecule has 2 amide bonds. The van der Waals surface area contributed by atoms with E-state index < -0.39 is 5.97 Å². The molecule has 0 aromatic heterocycles. The highest BCUT2D eigenvalue weighted by Crippen LogP contribution is 2.17. The van der Waals surface area contributed by atoms with Crippen LogP contribution in [0, 0.1) is 5.92 Å². The molecule has 1 fully saturated rings. The summed E-state index contributed by atoms with van der Waals surface area (Å²) in [5, 5.41) is 14.3. The highest BCUT2D eigenvalue weighted by molar-refractivity contribution is 5.74. The Morgan fingerprint density at radius 3 is 2.79 bits per heavy atom. The fourth-order valence-corrected chi connectivity index (χ4v) is 2.09. The van der Waals surface area contributed by atoms with Crippen LogP contribution in [0.3, 0.4) is 0 Å². The Kier molecular flexibility index (Phi) is 6.08.